The van der Waals surface area contributed by atoms with E-state index in [0.717, 1.165) is 17.1 Å². The predicted molar refractivity (Wildman–Crippen MR) is 80.3 cm³/mol. The molecule has 0 saturated heterocycles. The first-order valence-corrected chi connectivity index (χ1v) is 6.65. The fourth-order valence-corrected chi connectivity index (χ4v) is 1.79. The summed E-state index contributed by atoms with van der Waals surface area (Å²) in [7, 11) is 0. The number of hydrogen-bond acceptors (Lipinski definition) is 2. The maximum absolute atomic E-state index is 4.43. The van der Waals surface area contributed by atoms with E-state index in [9.17, 15) is 0 Å². The van der Waals surface area contributed by atoms with Gasteiger partial charge in [-0.05, 0) is 37.5 Å². The fourth-order valence-electron chi connectivity index (χ4n) is 1.79. The molecule has 0 saturated carbocycles. The summed E-state index contributed by atoms with van der Waals surface area (Å²) in [6.45, 7) is 12.4. The monoisotopic (exact) mass is 344 g/mol. The molecule has 1 radical (unpaired) electrons. The first-order chi connectivity index (χ1) is 8.88. The molecule has 2 aromatic rings. The molecule has 2 heterocycles. The van der Waals surface area contributed by atoms with Crippen molar-refractivity contribution in [1.29, 1.82) is 0 Å². The molecule has 0 spiro atoms. The van der Waals surface area contributed by atoms with Gasteiger partial charge in [-0.2, -0.15) is 18.2 Å². The van der Waals surface area contributed by atoms with Crippen molar-refractivity contribution in [3.05, 3.63) is 58.7 Å². The molecule has 0 aliphatic rings. The van der Waals surface area contributed by atoms with E-state index in [2.05, 4.69) is 48.9 Å². The average Bonchev–Trinajstić information content (AvgIpc) is 2.28. The van der Waals surface area contributed by atoms with Crippen LogP contribution in [0.15, 0.2) is 24.3 Å². The molecule has 0 unspecified atom stereocenters. The molecule has 105 valence electrons. The molecular weight excluding hydrogens is 321 g/mol. The van der Waals surface area contributed by atoms with Crippen molar-refractivity contribution in [1.82, 2.24) is 9.97 Å². The Bertz CT molecular complexity index is 499. The normalized spacial score (nSPS) is 9.55. The number of aromatic nitrogens is 2. The van der Waals surface area contributed by atoms with Gasteiger partial charge in [-0.3, -0.25) is 4.98 Å². The minimum atomic E-state index is 0. The van der Waals surface area contributed by atoms with Gasteiger partial charge in [-0.1, -0.05) is 39.1 Å². The first kappa shape index (κ1) is 19.4. The summed E-state index contributed by atoms with van der Waals surface area (Å²) in [6.07, 6.45) is 0. The maximum atomic E-state index is 4.43. The van der Waals surface area contributed by atoms with E-state index in [4.69, 9.17) is 0 Å². The van der Waals surface area contributed by atoms with Gasteiger partial charge >= 0.3 is 0 Å². The van der Waals surface area contributed by atoms with Crippen molar-refractivity contribution < 1.29 is 32.7 Å². The van der Waals surface area contributed by atoms with E-state index in [1.807, 2.05) is 32.9 Å². The molecule has 2 rings (SSSR count). The molecular formula is C17H23N2Y-. The van der Waals surface area contributed by atoms with Gasteiger partial charge in [0.15, 0.2) is 0 Å². The van der Waals surface area contributed by atoms with Crippen molar-refractivity contribution in [3.8, 4) is 0 Å². The summed E-state index contributed by atoms with van der Waals surface area (Å²) in [4.78, 5) is 8.58. The zero-order chi connectivity index (χ0) is 14.4. The molecule has 0 N–H and O–H groups in total. The Morgan fingerprint density at radius 3 is 1.75 bits per heavy atom. The summed E-state index contributed by atoms with van der Waals surface area (Å²) < 4.78 is 0. The van der Waals surface area contributed by atoms with Gasteiger partial charge in [-0.25, -0.2) is 0 Å². The molecule has 0 amide bonds. The van der Waals surface area contributed by atoms with Gasteiger partial charge in [-0.15, -0.1) is 0 Å². The number of rotatable bonds is 1. The molecule has 0 bridgehead atoms. The molecule has 3 heteroatoms. The molecule has 2 aromatic heterocycles. The van der Waals surface area contributed by atoms with Crippen LogP contribution >= 0.6 is 0 Å². The SMILES string of the molecule is Cc1c[c-]cc(C)n1.Cc1cc(C)nc(C(C)C)c1.[Y]. The van der Waals surface area contributed by atoms with Crippen molar-refractivity contribution in [2.24, 2.45) is 0 Å². The third-order valence-corrected chi connectivity index (χ3v) is 2.65. The van der Waals surface area contributed by atoms with Crippen molar-refractivity contribution >= 4 is 0 Å². The van der Waals surface area contributed by atoms with Crippen LogP contribution in [0.25, 0.3) is 0 Å². The van der Waals surface area contributed by atoms with Crippen molar-refractivity contribution in [2.75, 3.05) is 0 Å². The molecule has 20 heavy (non-hydrogen) atoms. The minimum absolute atomic E-state index is 0. The summed E-state index contributed by atoms with van der Waals surface area (Å²) in [5, 5.41) is 0. The third kappa shape index (κ3) is 7.26. The van der Waals surface area contributed by atoms with E-state index < -0.39 is 0 Å². The molecule has 0 fully saturated rings. The minimum Gasteiger partial charge on any atom is -0.385 e. The van der Waals surface area contributed by atoms with Crippen molar-refractivity contribution in [2.45, 2.75) is 47.5 Å². The van der Waals surface area contributed by atoms with E-state index in [1.54, 1.807) is 0 Å². The zero-order valence-electron chi connectivity index (χ0n) is 13.4. The predicted octanol–water partition coefficient (Wildman–Crippen LogP) is 4.32. The number of aryl methyl sites for hydroxylation is 4. The smallest absolute Gasteiger partial charge is 0.0434 e. The molecule has 0 aromatic carbocycles. The topological polar surface area (TPSA) is 25.8 Å². The van der Waals surface area contributed by atoms with Crippen LogP contribution in [0.4, 0.5) is 0 Å². The van der Waals surface area contributed by atoms with E-state index in [1.165, 1.54) is 11.3 Å². The Kier molecular flexibility index (Phi) is 9.08. The van der Waals surface area contributed by atoms with Crippen LogP contribution < -0.4 is 0 Å². The number of nitrogens with zero attached hydrogens (tertiary/aromatic N) is 2. The Labute approximate surface area is 148 Å². The molecule has 2 nitrogen and oxygen atoms in total. The van der Waals surface area contributed by atoms with Gasteiger partial charge in [0.2, 0.25) is 0 Å². The van der Waals surface area contributed by atoms with Gasteiger partial charge in [0.05, 0.1) is 0 Å². The van der Waals surface area contributed by atoms with Crippen LogP contribution in [0.2, 0.25) is 0 Å². The fraction of sp³-hybridized carbons (Fsp3) is 0.412. The Morgan fingerprint density at radius 1 is 0.850 bits per heavy atom. The van der Waals surface area contributed by atoms with E-state index in [-0.39, 0.29) is 32.7 Å². The van der Waals surface area contributed by atoms with Crippen LogP contribution in [-0.2, 0) is 32.7 Å². The molecule has 0 atom stereocenters. The second-order valence-electron chi connectivity index (χ2n) is 5.22. The zero-order valence-corrected chi connectivity index (χ0v) is 16.2. The van der Waals surface area contributed by atoms with Crippen LogP contribution in [0.5, 0.6) is 0 Å². The first-order valence-electron chi connectivity index (χ1n) is 6.65. The third-order valence-electron chi connectivity index (χ3n) is 2.65. The van der Waals surface area contributed by atoms with Gasteiger partial charge in [0, 0.05) is 44.1 Å². The molecule has 0 aliphatic heterocycles. The van der Waals surface area contributed by atoms with Gasteiger partial charge in [0.25, 0.3) is 0 Å². The van der Waals surface area contributed by atoms with Gasteiger partial charge < -0.3 is 4.98 Å². The average molecular weight is 344 g/mol. The second-order valence-corrected chi connectivity index (χ2v) is 5.22. The Hall–Kier alpha value is -0.596. The molecule has 0 aliphatic carbocycles. The van der Waals surface area contributed by atoms with Crippen molar-refractivity contribution in [3.63, 3.8) is 0 Å². The van der Waals surface area contributed by atoms with Crippen LogP contribution in [0, 0.1) is 33.8 Å². The summed E-state index contributed by atoms with van der Waals surface area (Å²) in [6, 6.07) is 11.0. The summed E-state index contributed by atoms with van der Waals surface area (Å²) >= 11 is 0. The largest absolute Gasteiger partial charge is 0.385 e. The number of hydrogen-bond donors (Lipinski definition) is 0. The Balaban J connectivity index is 0.000000359. The maximum Gasteiger partial charge on any atom is 0.0434 e. The number of pyridine rings is 2. The van der Waals surface area contributed by atoms with E-state index >= 15 is 0 Å². The van der Waals surface area contributed by atoms with Crippen LogP contribution in [0.1, 0.15) is 48.1 Å². The van der Waals surface area contributed by atoms with Gasteiger partial charge in [0.1, 0.15) is 0 Å². The Morgan fingerprint density at radius 2 is 1.40 bits per heavy atom. The summed E-state index contributed by atoms with van der Waals surface area (Å²) in [5.41, 5.74) is 5.69. The second kappa shape index (κ2) is 9.36. The van der Waals surface area contributed by atoms with Crippen LogP contribution in [0.3, 0.4) is 0 Å². The van der Waals surface area contributed by atoms with E-state index in [0.29, 0.717) is 5.92 Å². The van der Waals surface area contributed by atoms with Crippen LogP contribution in [-0.4, -0.2) is 9.97 Å². The summed E-state index contributed by atoms with van der Waals surface area (Å²) in [5.74, 6) is 0.536. The standard InChI is InChI=1S/C10H15N.C7H8N.Y/c1-7(2)10-6-8(3)5-9(4)11-10;1-6-4-3-5-7(2)8-6;/h5-7H,1-4H3;4-5H,1-2H3;/q;-1;. The quantitative estimate of drug-likeness (QED) is 0.720.